The summed E-state index contributed by atoms with van der Waals surface area (Å²) in [6.07, 6.45) is -4.57. The first kappa shape index (κ1) is 12.5. The Kier molecular flexibility index (Phi) is 3.88. The molecule has 16 heavy (non-hydrogen) atoms. The van der Waals surface area contributed by atoms with Crippen molar-refractivity contribution in [3.63, 3.8) is 0 Å². The van der Waals surface area contributed by atoms with Gasteiger partial charge in [-0.2, -0.15) is 18.2 Å². The molecule has 0 amide bonds. The highest BCUT2D eigenvalue weighted by Crippen LogP contribution is 2.29. The van der Waals surface area contributed by atoms with Gasteiger partial charge in [-0.15, -0.1) is 0 Å². The maximum Gasteiger partial charge on any atom is 0.433 e. The van der Waals surface area contributed by atoms with Crippen molar-refractivity contribution < 1.29 is 22.6 Å². The van der Waals surface area contributed by atoms with Crippen LogP contribution in [0.4, 0.5) is 19.1 Å². The molecule has 0 aliphatic carbocycles. The Morgan fingerprint density at radius 3 is 2.56 bits per heavy atom. The minimum atomic E-state index is -4.57. The molecule has 90 valence electrons. The molecule has 0 aliphatic heterocycles. The Bertz CT molecular complexity index is 357. The van der Waals surface area contributed by atoms with Crippen LogP contribution in [0.5, 0.6) is 5.88 Å². The number of anilines is 1. The fraction of sp³-hybridized carbons (Fsp3) is 0.500. The van der Waals surface area contributed by atoms with E-state index < -0.39 is 17.8 Å². The van der Waals surface area contributed by atoms with Crippen LogP contribution in [0, 0.1) is 0 Å². The third kappa shape index (κ3) is 3.54. The first-order valence-electron chi connectivity index (χ1n) is 4.27. The normalized spacial score (nSPS) is 11.5. The van der Waals surface area contributed by atoms with Gasteiger partial charge in [0.25, 0.3) is 0 Å². The van der Waals surface area contributed by atoms with Crippen molar-refractivity contribution in [2.75, 3.05) is 26.1 Å². The molecular weight excluding hydrogens is 227 g/mol. The fourth-order valence-corrected chi connectivity index (χ4v) is 0.892. The van der Waals surface area contributed by atoms with E-state index in [-0.39, 0.29) is 19.1 Å². The summed E-state index contributed by atoms with van der Waals surface area (Å²) in [4.78, 5) is 6.57. The Morgan fingerprint density at radius 2 is 2.00 bits per heavy atom. The summed E-state index contributed by atoms with van der Waals surface area (Å²) in [5, 5.41) is 0. The number of halogens is 3. The van der Waals surface area contributed by atoms with Crippen LogP contribution >= 0.6 is 0 Å². The Labute approximate surface area is 89.4 Å². The first-order chi connectivity index (χ1) is 7.43. The Hall–Kier alpha value is -1.57. The highest BCUT2D eigenvalue weighted by molar-refractivity contribution is 5.27. The molecule has 0 fully saturated rings. The molecule has 0 saturated heterocycles. The number of nitrogens with zero attached hydrogens (tertiary/aromatic N) is 2. The number of methoxy groups -OCH3 is 1. The van der Waals surface area contributed by atoms with Crippen molar-refractivity contribution in [3.8, 4) is 5.88 Å². The van der Waals surface area contributed by atoms with Crippen molar-refractivity contribution in [2.45, 2.75) is 6.18 Å². The molecule has 0 spiro atoms. The van der Waals surface area contributed by atoms with Gasteiger partial charge < -0.3 is 15.2 Å². The first-order valence-corrected chi connectivity index (χ1v) is 4.27. The van der Waals surface area contributed by atoms with E-state index in [0.717, 1.165) is 0 Å². The molecule has 0 saturated carbocycles. The minimum Gasteiger partial charge on any atom is -0.475 e. The summed E-state index contributed by atoms with van der Waals surface area (Å²) in [6, 6.07) is 0.687. The van der Waals surface area contributed by atoms with E-state index in [2.05, 4.69) is 14.7 Å². The van der Waals surface area contributed by atoms with E-state index in [0.29, 0.717) is 6.07 Å². The standard InChI is InChI=1S/C8H10F3N3O2/c1-15-2-3-16-6-4-5(8(9,10)11)13-7(12)14-6/h4H,2-3H2,1H3,(H2,12,13,14). The molecule has 0 atom stereocenters. The molecule has 1 heterocycles. The second-order valence-corrected chi connectivity index (χ2v) is 2.79. The SMILES string of the molecule is COCCOc1cc(C(F)(F)F)nc(N)n1. The zero-order chi connectivity index (χ0) is 12.2. The van der Waals surface area contributed by atoms with Crippen LogP contribution < -0.4 is 10.5 Å². The fourth-order valence-electron chi connectivity index (χ4n) is 0.892. The summed E-state index contributed by atoms with van der Waals surface area (Å²) in [5.41, 5.74) is 3.99. The van der Waals surface area contributed by atoms with Crippen LogP contribution in [0.25, 0.3) is 0 Å². The van der Waals surface area contributed by atoms with Gasteiger partial charge in [-0.3, -0.25) is 0 Å². The Morgan fingerprint density at radius 1 is 1.31 bits per heavy atom. The van der Waals surface area contributed by atoms with Gasteiger partial charge in [0.2, 0.25) is 11.8 Å². The van der Waals surface area contributed by atoms with E-state index in [4.69, 9.17) is 10.5 Å². The largest absolute Gasteiger partial charge is 0.475 e. The van der Waals surface area contributed by atoms with E-state index in [9.17, 15) is 13.2 Å². The van der Waals surface area contributed by atoms with Crippen LogP contribution in [0.2, 0.25) is 0 Å². The van der Waals surface area contributed by atoms with E-state index in [1.807, 2.05) is 0 Å². The number of hydrogen-bond donors (Lipinski definition) is 1. The summed E-state index contributed by atoms with van der Waals surface area (Å²) < 4.78 is 46.5. The number of rotatable bonds is 4. The number of hydrogen-bond acceptors (Lipinski definition) is 5. The van der Waals surface area contributed by atoms with Crippen molar-refractivity contribution in [1.29, 1.82) is 0 Å². The highest BCUT2D eigenvalue weighted by Gasteiger charge is 2.33. The lowest BCUT2D eigenvalue weighted by Crippen LogP contribution is -2.13. The highest BCUT2D eigenvalue weighted by atomic mass is 19.4. The van der Waals surface area contributed by atoms with E-state index in [1.165, 1.54) is 7.11 Å². The maximum absolute atomic E-state index is 12.3. The van der Waals surface area contributed by atoms with E-state index >= 15 is 0 Å². The lowest BCUT2D eigenvalue weighted by molar-refractivity contribution is -0.141. The molecule has 1 aromatic rings. The Balaban J connectivity index is 2.82. The van der Waals surface area contributed by atoms with Gasteiger partial charge >= 0.3 is 6.18 Å². The average Bonchev–Trinajstić information content (AvgIpc) is 2.16. The topological polar surface area (TPSA) is 70.3 Å². The lowest BCUT2D eigenvalue weighted by atomic mass is 10.4. The smallest absolute Gasteiger partial charge is 0.433 e. The molecule has 0 radical (unpaired) electrons. The monoisotopic (exact) mass is 237 g/mol. The average molecular weight is 237 g/mol. The zero-order valence-corrected chi connectivity index (χ0v) is 8.41. The summed E-state index contributed by atoms with van der Waals surface area (Å²) in [5.74, 6) is -0.709. The lowest BCUT2D eigenvalue weighted by Gasteiger charge is -2.09. The zero-order valence-electron chi connectivity index (χ0n) is 8.41. The van der Waals surface area contributed by atoms with Crippen LogP contribution in [0.15, 0.2) is 6.07 Å². The molecule has 0 aromatic carbocycles. The number of nitrogen functional groups attached to an aromatic ring is 1. The summed E-state index contributed by atoms with van der Waals surface area (Å²) >= 11 is 0. The maximum atomic E-state index is 12.3. The third-order valence-electron chi connectivity index (χ3n) is 1.55. The number of nitrogens with two attached hydrogens (primary N) is 1. The van der Waals surface area contributed by atoms with Crippen LogP contribution in [-0.4, -0.2) is 30.3 Å². The third-order valence-corrected chi connectivity index (χ3v) is 1.55. The van der Waals surface area contributed by atoms with Gasteiger partial charge in [0.1, 0.15) is 6.61 Å². The molecule has 2 N–H and O–H groups in total. The van der Waals surface area contributed by atoms with Crippen LogP contribution in [-0.2, 0) is 10.9 Å². The predicted octanol–water partition coefficient (Wildman–Crippen LogP) is 1.10. The molecule has 0 bridgehead atoms. The van der Waals surface area contributed by atoms with Crippen LogP contribution in [0.1, 0.15) is 5.69 Å². The summed E-state index contributed by atoms with van der Waals surface area (Å²) in [7, 11) is 1.44. The van der Waals surface area contributed by atoms with Crippen molar-refractivity contribution >= 4 is 5.95 Å². The van der Waals surface area contributed by atoms with Crippen LogP contribution in [0.3, 0.4) is 0 Å². The second-order valence-electron chi connectivity index (χ2n) is 2.79. The summed E-state index contributed by atoms with van der Waals surface area (Å²) in [6.45, 7) is 0.329. The van der Waals surface area contributed by atoms with Gasteiger partial charge in [-0.05, 0) is 0 Å². The molecule has 0 unspecified atom stereocenters. The molecule has 1 rings (SSSR count). The van der Waals surface area contributed by atoms with Gasteiger partial charge in [0, 0.05) is 13.2 Å². The molecule has 1 aromatic heterocycles. The number of aromatic nitrogens is 2. The van der Waals surface area contributed by atoms with E-state index in [1.54, 1.807) is 0 Å². The van der Waals surface area contributed by atoms with Gasteiger partial charge in [-0.25, -0.2) is 4.98 Å². The minimum absolute atomic E-state index is 0.0876. The van der Waals surface area contributed by atoms with Gasteiger partial charge in [-0.1, -0.05) is 0 Å². The second kappa shape index (κ2) is 4.97. The quantitative estimate of drug-likeness (QED) is 0.794. The molecular formula is C8H10F3N3O2. The van der Waals surface area contributed by atoms with Gasteiger partial charge in [0.05, 0.1) is 6.61 Å². The van der Waals surface area contributed by atoms with Crippen molar-refractivity contribution in [2.24, 2.45) is 0 Å². The molecule has 5 nitrogen and oxygen atoms in total. The predicted molar refractivity (Wildman–Crippen MR) is 48.8 cm³/mol. The van der Waals surface area contributed by atoms with Crippen molar-refractivity contribution in [1.82, 2.24) is 9.97 Å². The number of ether oxygens (including phenoxy) is 2. The molecule has 0 aliphatic rings. The number of alkyl halides is 3. The molecule has 8 heteroatoms. The van der Waals surface area contributed by atoms with Gasteiger partial charge in [0.15, 0.2) is 5.69 Å². The van der Waals surface area contributed by atoms with Crippen molar-refractivity contribution in [3.05, 3.63) is 11.8 Å².